The van der Waals surface area contributed by atoms with Crippen LogP contribution in [0.25, 0.3) is 0 Å². The molecule has 0 radical (unpaired) electrons. The fourth-order valence-corrected chi connectivity index (χ4v) is 3.00. The zero-order valence-electron chi connectivity index (χ0n) is 12.8. The molecule has 5 heteroatoms. The van der Waals surface area contributed by atoms with Gasteiger partial charge in [0.1, 0.15) is 0 Å². The molecule has 0 aromatic rings. The Labute approximate surface area is 121 Å². The second kappa shape index (κ2) is 7.07. The second-order valence-electron chi connectivity index (χ2n) is 7.08. The molecule has 1 aliphatic rings. The van der Waals surface area contributed by atoms with Gasteiger partial charge < -0.3 is 16.2 Å². The molecule has 5 nitrogen and oxygen atoms in total. The highest BCUT2D eigenvalue weighted by Gasteiger charge is 2.33. The number of aliphatic carboxylic acids is 1. The first kappa shape index (κ1) is 17.0. The average Bonchev–Trinajstić information content (AvgIpc) is 2.80. The van der Waals surface area contributed by atoms with Crippen molar-refractivity contribution in [1.29, 1.82) is 0 Å². The molecule has 1 rings (SSSR count). The van der Waals surface area contributed by atoms with Crippen molar-refractivity contribution in [3.05, 3.63) is 0 Å². The van der Waals surface area contributed by atoms with Gasteiger partial charge in [-0.15, -0.1) is 0 Å². The number of nitrogens with one attached hydrogen (secondary N) is 1. The van der Waals surface area contributed by atoms with Crippen LogP contribution >= 0.6 is 0 Å². The summed E-state index contributed by atoms with van der Waals surface area (Å²) in [6, 6.07) is 0. The van der Waals surface area contributed by atoms with Gasteiger partial charge in [-0.2, -0.15) is 0 Å². The Kier molecular flexibility index (Phi) is 5.99. The van der Waals surface area contributed by atoms with Crippen LogP contribution < -0.4 is 11.1 Å². The zero-order chi connectivity index (χ0) is 15.3. The van der Waals surface area contributed by atoms with Crippen molar-refractivity contribution in [2.75, 3.05) is 13.1 Å². The number of rotatable bonds is 6. The molecule has 0 bridgehead atoms. The Bertz CT molecular complexity index is 350. The van der Waals surface area contributed by atoms with Crippen LogP contribution in [-0.2, 0) is 9.59 Å². The average molecular weight is 284 g/mol. The third-order valence-corrected chi connectivity index (χ3v) is 4.03. The van der Waals surface area contributed by atoms with E-state index in [0.29, 0.717) is 13.1 Å². The normalized spacial score (nSPS) is 24.4. The van der Waals surface area contributed by atoms with Crippen LogP contribution in [0.4, 0.5) is 0 Å². The van der Waals surface area contributed by atoms with E-state index in [2.05, 4.69) is 26.1 Å². The van der Waals surface area contributed by atoms with Gasteiger partial charge in [-0.3, -0.25) is 9.59 Å². The number of carbonyl (C=O) groups is 2. The SMILES string of the molecule is CC(C)(C)CC(CN)C(=O)NCC1CCCC1C(=O)O. The maximum atomic E-state index is 12.1. The van der Waals surface area contributed by atoms with E-state index >= 15 is 0 Å². The lowest BCUT2D eigenvalue weighted by atomic mass is 9.84. The first-order chi connectivity index (χ1) is 9.24. The van der Waals surface area contributed by atoms with Crippen molar-refractivity contribution in [2.45, 2.75) is 46.5 Å². The number of hydrogen-bond donors (Lipinski definition) is 3. The summed E-state index contributed by atoms with van der Waals surface area (Å²) in [6.07, 6.45) is 3.27. The number of hydrogen-bond acceptors (Lipinski definition) is 3. The highest BCUT2D eigenvalue weighted by atomic mass is 16.4. The highest BCUT2D eigenvalue weighted by Crippen LogP contribution is 2.31. The summed E-state index contributed by atoms with van der Waals surface area (Å²) in [4.78, 5) is 23.2. The first-order valence-electron chi connectivity index (χ1n) is 7.45. The molecule has 1 saturated carbocycles. The van der Waals surface area contributed by atoms with Gasteiger partial charge in [-0.1, -0.05) is 27.2 Å². The third-order valence-electron chi connectivity index (χ3n) is 4.03. The first-order valence-corrected chi connectivity index (χ1v) is 7.45. The maximum absolute atomic E-state index is 12.1. The van der Waals surface area contributed by atoms with E-state index in [1.165, 1.54) is 0 Å². The Morgan fingerprint density at radius 1 is 1.35 bits per heavy atom. The lowest BCUT2D eigenvalue weighted by Crippen LogP contribution is -2.40. The van der Waals surface area contributed by atoms with E-state index in [1.807, 2.05) is 0 Å². The molecule has 3 atom stereocenters. The molecule has 20 heavy (non-hydrogen) atoms. The third kappa shape index (κ3) is 5.12. The van der Waals surface area contributed by atoms with Crippen LogP contribution in [0.5, 0.6) is 0 Å². The standard InChI is InChI=1S/C15H28N2O3/c1-15(2,3)7-11(8-16)13(18)17-9-10-5-4-6-12(10)14(19)20/h10-12H,4-9,16H2,1-3H3,(H,17,18)(H,19,20). The molecule has 1 amide bonds. The van der Waals surface area contributed by atoms with E-state index in [0.717, 1.165) is 25.7 Å². The van der Waals surface area contributed by atoms with Crippen molar-refractivity contribution in [1.82, 2.24) is 5.32 Å². The van der Waals surface area contributed by atoms with Crippen LogP contribution in [0.1, 0.15) is 46.5 Å². The molecule has 116 valence electrons. The molecule has 0 spiro atoms. The Balaban J connectivity index is 2.47. The molecule has 4 N–H and O–H groups in total. The topological polar surface area (TPSA) is 92.4 Å². The van der Waals surface area contributed by atoms with E-state index in [9.17, 15) is 9.59 Å². The molecule has 0 aromatic heterocycles. The molecular formula is C15H28N2O3. The summed E-state index contributed by atoms with van der Waals surface area (Å²) < 4.78 is 0. The number of nitrogens with two attached hydrogens (primary N) is 1. The minimum absolute atomic E-state index is 0.0431. The fourth-order valence-electron chi connectivity index (χ4n) is 3.00. The molecule has 0 aliphatic heterocycles. The Morgan fingerprint density at radius 3 is 2.50 bits per heavy atom. The van der Waals surface area contributed by atoms with Crippen LogP contribution in [0.3, 0.4) is 0 Å². The minimum Gasteiger partial charge on any atom is -0.481 e. The molecule has 0 saturated heterocycles. The maximum Gasteiger partial charge on any atom is 0.306 e. The number of carboxylic acids is 1. The van der Waals surface area contributed by atoms with Crippen LogP contribution in [-0.4, -0.2) is 30.1 Å². The van der Waals surface area contributed by atoms with Crippen molar-refractivity contribution < 1.29 is 14.7 Å². The van der Waals surface area contributed by atoms with Gasteiger partial charge in [-0.05, 0) is 30.6 Å². The molecule has 0 heterocycles. The zero-order valence-corrected chi connectivity index (χ0v) is 12.8. The van der Waals surface area contributed by atoms with E-state index < -0.39 is 5.97 Å². The van der Waals surface area contributed by atoms with Gasteiger partial charge in [0.2, 0.25) is 5.91 Å². The molecular weight excluding hydrogens is 256 g/mol. The van der Waals surface area contributed by atoms with E-state index in [-0.39, 0.29) is 29.1 Å². The summed E-state index contributed by atoms with van der Waals surface area (Å²) >= 11 is 0. The smallest absolute Gasteiger partial charge is 0.306 e. The highest BCUT2D eigenvalue weighted by molar-refractivity contribution is 5.79. The summed E-state index contributed by atoms with van der Waals surface area (Å²) in [5, 5.41) is 12.0. The molecule has 3 unspecified atom stereocenters. The Hall–Kier alpha value is -1.10. The van der Waals surface area contributed by atoms with E-state index in [4.69, 9.17) is 10.8 Å². The summed E-state index contributed by atoms with van der Waals surface area (Å²) in [7, 11) is 0. The van der Waals surface area contributed by atoms with Gasteiger partial charge in [0, 0.05) is 13.1 Å². The number of carboxylic acid groups (broad SMARTS) is 1. The molecule has 1 aliphatic carbocycles. The van der Waals surface area contributed by atoms with Crippen molar-refractivity contribution in [2.24, 2.45) is 28.9 Å². The monoisotopic (exact) mass is 284 g/mol. The van der Waals surface area contributed by atoms with Gasteiger partial charge in [-0.25, -0.2) is 0 Å². The fraction of sp³-hybridized carbons (Fsp3) is 0.867. The Morgan fingerprint density at radius 2 is 2.00 bits per heavy atom. The largest absolute Gasteiger partial charge is 0.481 e. The molecule has 1 fully saturated rings. The van der Waals surface area contributed by atoms with Crippen LogP contribution in [0, 0.1) is 23.2 Å². The lowest BCUT2D eigenvalue weighted by molar-refractivity contribution is -0.143. The van der Waals surface area contributed by atoms with E-state index in [1.54, 1.807) is 0 Å². The van der Waals surface area contributed by atoms with Crippen molar-refractivity contribution in [3.63, 3.8) is 0 Å². The van der Waals surface area contributed by atoms with Gasteiger partial charge in [0.25, 0.3) is 0 Å². The predicted molar refractivity (Wildman–Crippen MR) is 78.1 cm³/mol. The van der Waals surface area contributed by atoms with Gasteiger partial charge >= 0.3 is 5.97 Å². The lowest BCUT2D eigenvalue weighted by Gasteiger charge is -2.25. The minimum atomic E-state index is -0.744. The summed E-state index contributed by atoms with van der Waals surface area (Å²) in [5.41, 5.74) is 5.74. The van der Waals surface area contributed by atoms with Crippen molar-refractivity contribution in [3.8, 4) is 0 Å². The second-order valence-corrected chi connectivity index (χ2v) is 7.08. The van der Waals surface area contributed by atoms with Crippen molar-refractivity contribution >= 4 is 11.9 Å². The summed E-state index contributed by atoms with van der Waals surface area (Å²) in [5.74, 6) is -1.23. The van der Waals surface area contributed by atoms with Crippen LogP contribution in [0.2, 0.25) is 0 Å². The van der Waals surface area contributed by atoms with Gasteiger partial charge in [0.05, 0.1) is 11.8 Å². The predicted octanol–water partition coefficient (Wildman–Crippen LogP) is 1.61. The molecule has 0 aromatic carbocycles. The van der Waals surface area contributed by atoms with Gasteiger partial charge in [0.15, 0.2) is 0 Å². The number of amides is 1. The summed E-state index contributed by atoms with van der Waals surface area (Å²) in [6.45, 7) is 7.04. The van der Waals surface area contributed by atoms with Crippen LogP contribution in [0.15, 0.2) is 0 Å². The number of carbonyl (C=O) groups excluding carboxylic acids is 1. The quantitative estimate of drug-likeness (QED) is 0.691.